The van der Waals surface area contributed by atoms with Gasteiger partial charge in [-0.1, -0.05) is 12.1 Å². The van der Waals surface area contributed by atoms with E-state index in [-0.39, 0.29) is 4.90 Å². The molecule has 2 aromatic rings. The summed E-state index contributed by atoms with van der Waals surface area (Å²) in [6, 6.07) is 7.55. The van der Waals surface area contributed by atoms with E-state index in [9.17, 15) is 8.42 Å². The Morgan fingerprint density at radius 3 is 2.57 bits per heavy atom. The zero-order valence-electron chi connectivity index (χ0n) is 12.1. The number of rotatable bonds is 7. The van der Waals surface area contributed by atoms with Crippen LogP contribution in [0.15, 0.2) is 41.6 Å². The van der Waals surface area contributed by atoms with Crippen molar-refractivity contribution in [3.05, 3.63) is 42.2 Å². The first-order valence-corrected chi connectivity index (χ1v) is 8.18. The molecule has 0 unspecified atom stereocenters. The Bertz CT molecular complexity index is 678. The second-order valence-electron chi connectivity index (χ2n) is 4.53. The molecule has 0 atom stereocenters. The molecular weight excluding hydrogens is 290 g/mol. The number of nitrogens with one attached hydrogen (secondary N) is 1. The number of ether oxygens (including phenoxy) is 1. The van der Waals surface area contributed by atoms with Crippen molar-refractivity contribution in [1.82, 2.24) is 14.5 Å². The summed E-state index contributed by atoms with van der Waals surface area (Å²) in [6.45, 7) is 2.88. The number of sulfonamides is 1. The van der Waals surface area contributed by atoms with Gasteiger partial charge in [0.2, 0.25) is 10.0 Å². The first-order valence-electron chi connectivity index (χ1n) is 6.70. The Hall–Kier alpha value is -1.86. The number of aryl methyl sites for hydroxylation is 1. The molecule has 0 aliphatic heterocycles. The first-order chi connectivity index (χ1) is 10.0. The quantitative estimate of drug-likeness (QED) is 0.840. The minimum absolute atomic E-state index is 0.194. The fourth-order valence-electron chi connectivity index (χ4n) is 1.86. The zero-order chi connectivity index (χ0) is 15.3. The van der Waals surface area contributed by atoms with Gasteiger partial charge in [-0.25, -0.2) is 13.1 Å². The maximum absolute atomic E-state index is 12.1. The second-order valence-corrected chi connectivity index (χ2v) is 6.29. The van der Waals surface area contributed by atoms with Crippen LogP contribution in [0, 0.1) is 0 Å². The van der Waals surface area contributed by atoms with Crippen LogP contribution < -0.4 is 9.46 Å². The first kappa shape index (κ1) is 15.5. The lowest BCUT2D eigenvalue weighted by molar-refractivity contribution is 0.414. The van der Waals surface area contributed by atoms with Crippen molar-refractivity contribution in [2.45, 2.75) is 24.8 Å². The van der Waals surface area contributed by atoms with Gasteiger partial charge in [0.1, 0.15) is 10.6 Å². The van der Waals surface area contributed by atoms with Crippen molar-refractivity contribution in [3.63, 3.8) is 0 Å². The van der Waals surface area contributed by atoms with Gasteiger partial charge in [0.05, 0.1) is 13.3 Å². The molecule has 0 fully saturated rings. The Labute approximate surface area is 124 Å². The van der Waals surface area contributed by atoms with Crippen LogP contribution in [0.4, 0.5) is 0 Å². The third-order valence-corrected chi connectivity index (χ3v) is 4.52. The fraction of sp³-hybridized carbons (Fsp3) is 0.357. The van der Waals surface area contributed by atoms with Gasteiger partial charge in [-0.15, -0.1) is 0 Å². The molecule has 7 heteroatoms. The summed E-state index contributed by atoms with van der Waals surface area (Å²) in [6.07, 6.45) is 3.50. The number of hydrogen-bond donors (Lipinski definition) is 1. The Balaban J connectivity index is 1.92. The molecule has 0 radical (unpaired) electrons. The van der Waals surface area contributed by atoms with Crippen molar-refractivity contribution < 1.29 is 13.2 Å². The van der Waals surface area contributed by atoms with E-state index in [1.165, 1.54) is 12.4 Å². The van der Waals surface area contributed by atoms with Gasteiger partial charge < -0.3 is 4.74 Å². The largest absolute Gasteiger partial charge is 0.497 e. The fourth-order valence-corrected chi connectivity index (χ4v) is 2.85. The molecule has 114 valence electrons. The van der Waals surface area contributed by atoms with E-state index in [2.05, 4.69) is 9.82 Å². The molecule has 0 amide bonds. The number of benzene rings is 1. The minimum Gasteiger partial charge on any atom is -0.497 e. The molecule has 0 aliphatic carbocycles. The normalized spacial score (nSPS) is 11.5. The van der Waals surface area contributed by atoms with Crippen LogP contribution >= 0.6 is 0 Å². The van der Waals surface area contributed by atoms with Crippen LogP contribution in [0.1, 0.15) is 12.5 Å². The van der Waals surface area contributed by atoms with Crippen LogP contribution in [0.25, 0.3) is 0 Å². The van der Waals surface area contributed by atoms with Crippen LogP contribution in [0.3, 0.4) is 0 Å². The van der Waals surface area contributed by atoms with Crippen molar-refractivity contribution in [1.29, 1.82) is 0 Å². The smallest absolute Gasteiger partial charge is 0.243 e. The Morgan fingerprint density at radius 1 is 1.29 bits per heavy atom. The highest BCUT2D eigenvalue weighted by Gasteiger charge is 2.15. The van der Waals surface area contributed by atoms with Crippen LogP contribution in [-0.4, -0.2) is 31.9 Å². The molecule has 1 aromatic heterocycles. The summed E-state index contributed by atoms with van der Waals surface area (Å²) >= 11 is 0. The third kappa shape index (κ3) is 4.05. The predicted octanol–water partition coefficient (Wildman–Crippen LogP) is 1.43. The summed E-state index contributed by atoms with van der Waals surface area (Å²) in [5, 5.41) is 3.97. The maximum atomic E-state index is 12.1. The molecule has 6 nitrogen and oxygen atoms in total. The average molecular weight is 309 g/mol. The van der Waals surface area contributed by atoms with E-state index in [1.807, 2.05) is 31.2 Å². The van der Waals surface area contributed by atoms with Gasteiger partial charge in [0.25, 0.3) is 0 Å². The molecular formula is C14H19N3O3S. The molecule has 1 aromatic carbocycles. The lowest BCUT2D eigenvalue weighted by atomic mass is 10.1. The monoisotopic (exact) mass is 309 g/mol. The van der Waals surface area contributed by atoms with E-state index in [0.717, 1.165) is 11.3 Å². The van der Waals surface area contributed by atoms with Crippen molar-refractivity contribution in [2.24, 2.45) is 0 Å². The molecule has 1 N–H and O–H groups in total. The van der Waals surface area contributed by atoms with Gasteiger partial charge in [0, 0.05) is 19.3 Å². The van der Waals surface area contributed by atoms with Crippen LogP contribution in [0.2, 0.25) is 0 Å². The summed E-state index contributed by atoms with van der Waals surface area (Å²) in [5.41, 5.74) is 1.04. The van der Waals surface area contributed by atoms with Gasteiger partial charge in [-0.3, -0.25) is 4.68 Å². The van der Waals surface area contributed by atoms with Crippen LogP contribution in [-0.2, 0) is 23.0 Å². The SMILES string of the molecule is CCn1cc(S(=O)(=O)NCCc2ccc(OC)cc2)cn1. The van der Waals surface area contributed by atoms with Crippen molar-refractivity contribution in [2.75, 3.05) is 13.7 Å². The third-order valence-electron chi connectivity index (χ3n) is 3.11. The molecule has 0 bridgehead atoms. The number of hydrogen-bond acceptors (Lipinski definition) is 4. The molecule has 0 aliphatic rings. The van der Waals surface area contributed by atoms with E-state index in [4.69, 9.17) is 4.74 Å². The topological polar surface area (TPSA) is 73.2 Å². The summed E-state index contributed by atoms with van der Waals surface area (Å²) < 4.78 is 33.4. The lowest BCUT2D eigenvalue weighted by Gasteiger charge is -2.06. The lowest BCUT2D eigenvalue weighted by Crippen LogP contribution is -2.25. The molecule has 21 heavy (non-hydrogen) atoms. The Morgan fingerprint density at radius 2 is 2.00 bits per heavy atom. The molecule has 0 saturated carbocycles. The summed E-state index contributed by atoms with van der Waals surface area (Å²) in [7, 11) is -1.88. The standard InChI is InChI=1S/C14H19N3O3S/c1-3-17-11-14(10-15-17)21(18,19)16-9-8-12-4-6-13(20-2)7-5-12/h4-7,10-11,16H,3,8-9H2,1-2H3. The molecule has 0 saturated heterocycles. The van der Waals surface area contributed by atoms with Crippen molar-refractivity contribution >= 4 is 10.0 Å². The van der Waals surface area contributed by atoms with Gasteiger partial charge in [-0.2, -0.15) is 5.10 Å². The zero-order valence-corrected chi connectivity index (χ0v) is 12.9. The number of nitrogens with zero attached hydrogens (tertiary/aromatic N) is 2. The van der Waals surface area contributed by atoms with E-state index in [1.54, 1.807) is 11.8 Å². The highest BCUT2D eigenvalue weighted by atomic mass is 32.2. The molecule has 2 rings (SSSR count). The van der Waals surface area contributed by atoms with E-state index < -0.39 is 10.0 Å². The summed E-state index contributed by atoms with van der Waals surface area (Å²) in [4.78, 5) is 0.194. The van der Waals surface area contributed by atoms with Gasteiger partial charge in [0.15, 0.2) is 0 Å². The van der Waals surface area contributed by atoms with E-state index >= 15 is 0 Å². The highest BCUT2D eigenvalue weighted by Crippen LogP contribution is 2.12. The van der Waals surface area contributed by atoms with E-state index in [0.29, 0.717) is 19.5 Å². The van der Waals surface area contributed by atoms with Crippen molar-refractivity contribution in [3.8, 4) is 5.75 Å². The van der Waals surface area contributed by atoms with Gasteiger partial charge >= 0.3 is 0 Å². The maximum Gasteiger partial charge on any atom is 0.243 e. The minimum atomic E-state index is -3.49. The molecule has 1 heterocycles. The second kappa shape index (κ2) is 6.73. The number of aromatic nitrogens is 2. The summed E-state index contributed by atoms with van der Waals surface area (Å²) in [5.74, 6) is 0.784. The number of methoxy groups -OCH3 is 1. The average Bonchev–Trinajstić information content (AvgIpc) is 2.98. The molecule has 0 spiro atoms. The predicted molar refractivity (Wildman–Crippen MR) is 79.8 cm³/mol. The Kier molecular flexibility index (Phi) is 4.98. The van der Waals surface area contributed by atoms with Crippen LogP contribution in [0.5, 0.6) is 5.75 Å². The van der Waals surface area contributed by atoms with Gasteiger partial charge in [-0.05, 0) is 31.0 Å². The highest BCUT2D eigenvalue weighted by molar-refractivity contribution is 7.89.